The Labute approximate surface area is 183 Å². The molecule has 0 bridgehead atoms. The summed E-state index contributed by atoms with van der Waals surface area (Å²) in [4.78, 5) is 4.70. The van der Waals surface area contributed by atoms with Crippen molar-refractivity contribution >= 4 is 0 Å². The van der Waals surface area contributed by atoms with Gasteiger partial charge in [0.1, 0.15) is 17.3 Å². The minimum Gasteiger partial charge on any atom is -0.508 e. The maximum Gasteiger partial charge on any atom is 0.226 e. The summed E-state index contributed by atoms with van der Waals surface area (Å²) in [5, 5.41) is 9.72. The van der Waals surface area contributed by atoms with E-state index in [1.807, 2.05) is 43.3 Å². The molecule has 158 valence electrons. The van der Waals surface area contributed by atoms with E-state index >= 15 is 0 Å². The van der Waals surface area contributed by atoms with Gasteiger partial charge in [-0.25, -0.2) is 4.98 Å². The van der Waals surface area contributed by atoms with E-state index in [9.17, 15) is 5.11 Å². The van der Waals surface area contributed by atoms with Gasteiger partial charge in [-0.15, -0.1) is 0 Å². The average molecular weight is 414 g/mol. The van der Waals surface area contributed by atoms with Crippen LogP contribution in [-0.4, -0.2) is 16.7 Å². The monoisotopic (exact) mass is 413 g/mol. The fourth-order valence-electron chi connectivity index (χ4n) is 3.65. The number of aromatic hydroxyl groups is 1. The maximum atomic E-state index is 9.72. The van der Waals surface area contributed by atoms with Crippen LogP contribution in [0.1, 0.15) is 30.4 Å². The van der Waals surface area contributed by atoms with Gasteiger partial charge < -0.3 is 14.3 Å². The summed E-state index contributed by atoms with van der Waals surface area (Å²) in [5.41, 5.74) is 5.24. The first-order valence-electron chi connectivity index (χ1n) is 10.7. The summed E-state index contributed by atoms with van der Waals surface area (Å²) >= 11 is 0. The van der Waals surface area contributed by atoms with Crippen molar-refractivity contribution in [3.8, 4) is 34.1 Å². The zero-order valence-electron chi connectivity index (χ0n) is 18.0. The fourth-order valence-corrected chi connectivity index (χ4v) is 3.65. The number of benzene rings is 3. The van der Waals surface area contributed by atoms with Crippen molar-refractivity contribution < 1.29 is 14.3 Å². The molecule has 0 spiro atoms. The van der Waals surface area contributed by atoms with Crippen LogP contribution in [0.2, 0.25) is 0 Å². The maximum absolute atomic E-state index is 9.72. The van der Waals surface area contributed by atoms with Crippen molar-refractivity contribution in [2.45, 2.75) is 33.1 Å². The standard InChI is InChI=1S/C27H27NO3/c1-3-7-23-18-24(29)14-15-26(23)30-17-16-25-19(2)31-27(28-25)22-12-10-21(11-13-22)20-8-5-4-6-9-20/h4-6,8-15,18,29H,3,7,16-17H2,1-2H3. The molecule has 0 atom stereocenters. The number of hydrogen-bond donors (Lipinski definition) is 1. The number of phenolic OH excluding ortho intramolecular Hbond substituents is 1. The molecule has 0 aliphatic heterocycles. The van der Waals surface area contributed by atoms with Crippen molar-refractivity contribution in [2.75, 3.05) is 6.61 Å². The van der Waals surface area contributed by atoms with Gasteiger partial charge in [-0.2, -0.15) is 0 Å². The Morgan fingerprint density at radius 1 is 0.871 bits per heavy atom. The molecule has 4 heteroatoms. The molecule has 0 fully saturated rings. The number of nitrogens with zero attached hydrogens (tertiary/aromatic N) is 1. The van der Waals surface area contributed by atoms with Crippen LogP contribution in [0, 0.1) is 6.92 Å². The van der Waals surface area contributed by atoms with E-state index in [0.717, 1.165) is 46.7 Å². The quantitative estimate of drug-likeness (QED) is 0.354. The van der Waals surface area contributed by atoms with Gasteiger partial charge in [-0.3, -0.25) is 0 Å². The number of aromatic nitrogens is 1. The zero-order valence-corrected chi connectivity index (χ0v) is 18.0. The third-order valence-electron chi connectivity index (χ3n) is 5.29. The molecular formula is C27H27NO3. The molecule has 1 aromatic heterocycles. The van der Waals surface area contributed by atoms with Crippen LogP contribution in [-0.2, 0) is 12.8 Å². The smallest absolute Gasteiger partial charge is 0.226 e. The highest BCUT2D eigenvalue weighted by Gasteiger charge is 2.12. The van der Waals surface area contributed by atoms with Gasteiger partial charge in [-0.05, 0) is 60.4 Å². The SMILES string of the molecule is CCCc1cc(O)ccc1OCCc1nc(-c2ccc(-c3ccccc3)cc2)oc1C. The summed E-state index contributed by atoms with van der Waals surface area (Å²) < 4.78 is 11.9. The molecule has 3 aromatic carbocycles. The van der Waals surface area contributed by atoms with E-state index in [1.54, 1.807) is 12.1 Å². The number of oxazole rings is 1. The lowest BCUT2D eigenvalue weighted by molar-refractivity contribution is 0.315. The van der Waals surface area contributed by atoms with E-state index < -0.39 is 0 Å². The van der Waals surface area contributed by atoms with Gasteiger partial charge in [-0.1, -0.05) is 55.8 Å². The van der Waals surface area contributed by atoms with Gasteiger partial charge in [0, 0.05) is 12.0 Å². The predicted molar refractivity (Wildman–Crippen MR) is 123 cm³/mol. The molecule has 31 heavy (non-hydrogen) atoms. The summed E-state index contributed by atoms with van der Waals surface area (Å²) in [6.45, 7) is 4.55. The van der Waals surface area contributed by atoms with Crippen molar-refractivity contribution in [1.82, 2.24) is 4.98 Å². The number of aryl methyl sites for hydroxylation is 2. The number of phenols is 1. The van der Waals surface area contributed by atoms with Crippen LogP contribution >= 0.6 is 0 Å². The van der Waals surface area contributed by atoms with E-state index in [1.165, 1.54) is 5.56 Å². The summed E-state index contributed by atoms with van der Waals surface area (Å²) in [6.07, 6.45) is 2.52. The van der Waals surface area contributed by atoms with E-state index in [0.29, 0.717) is 18.9 Å². The number of rotatable bonds is 8. The molecule has 0 aliphatic carbocycles. The second-order valence-corrected chi connectivity index (χ2v) is 7.61. The fraction of sp³-hybridized carbons (Fsp3) is 0.222. The molecule has 4 nitrogen and oxygen atoms in total. The topological polar surface area (TPSA) is 55.5 Å². The Kier molecular flexibility index (Phi) is 6.37. The lowest BCUT2D eigenvalue weighted by Gasteiger charge is -2.11. The van der Waals surface area contributed by atoms with E-state index in [-0.39, 0.29) is 5.75 Å². The van der Waals surface area contributed by atoms with Crippen molar-refractivity contribution in [3.05, 3.63) is 89.8 Å². The first-order chi connectivity index (χ1) is 15.1. The van der Waals surface area contributed by atoms with Crippen molar-refractivity contribution in [3.63, 3.8) is 0 Å². The molecule has 1 heterocycles. The van der Waals surface area contributed by atoms with Crippen LogP contribution in [0.15, 0.2) is 77.2 Å². The predicted octanol–water partition coefficient (Wildman–Crippen LogP) is 6.60. The molecule has 0 saturated heterocycles. The minimum absolute atomic E-state index is 0.270. The molecule has 0 saturated carbocycles. The second kappa shape index (κ2) is 9.52. The third kappa shape index (κ3) is 4.97. The lowest BCUT2D eigenvalue weighted by atomic mass is 10.0. The first kappa shape index (κ1) is 20.7. The third-order valence-corrected chi connectivity index (χ3v) is 5.29. The summed E-state index contributed by atoms with van der Waals surface area (Å²) in [6, 6.07) is 23.8. The molecular weight excluding hydrogens is 386 g/mol. The number of hydrogen-bond acceptors (Lipinski definition) is 4. The molecule has 4 aromatic rings. The van der Waals surface area contributed by atoms with Crippen LogP contribution in [0.5, 0.6) is 11.5 Å². The molecule has 0 amide bonds. The Bertz CT molecular complexity index is 1130. The average Bonchev–Trinajstić information content (AvgIpc) is 3.17. The zero-order chi connectivity index (χ0) is 21.6. The molecule has 0 radical (unpaired) electrons. The van der Waals surface area contributed by atoms with Gasteiger partial charge in [0.25, 0.3) is 0 Å². The van der Waals surface area contributed by atoms with Crippen LogP contribution < -0.4 is 4.74 Å². The molecule has 4 rings (SSSR count). The van der Waals surface area contributed by atoms with Gasteiger partial charge in [0.15, 0.2) is 0 Å². The second-order valence-electron chi connectivity index (χ2n) is 7.61. The first-order valence-corrected chi connectivity index (χ1v) is 10.7. The summed E-state index contributed by atoms with van der Waals surface area (Å²) in [7, 11) is 0. The van der Waals surface area contributed by atoms with Crippen molar-refractivity contribution in [1.29, 1.82) is 0 Å². The minimum atomic E-state index is 0.270. The van der Waals surface area contributed by atoms with Crippen LogP contribution in [0.4, 0.5) is 0 Å². The normalized spacial score (nSPS) is 10.9. The number of ether oxygens (including phenoxy) is 1. The highest BCUT2D eigenvalue weighted by molar-refractivity contribution is 5.67. The van der Waals surface area contributed by atoms with Crippen LogP contribution in [0.25, 0.3) is 22.6 Å². The van der Waals surface area contributed by atoms with Crippen LogP contribution in [0.3, 0.4) is 0 Å². The Morgan fingerprint density at radius 2 is 1.58 bits per heavy atom. The van der Waals surface area contributed by atoms with Crippen molar-refractivity contribution in [2.24, 2.45) is 0 Å². The largest absolute Gasteiger partial charge is 0.508 e. The molecule has 0 aliphatic rings. The highest BCUT2D eigenvalue weighted by Crippen LogP contribution is 2.27. The van der Waals surface area contributed by atoms with E-state index in [4.69, 9.17) is 14.1 Å². The van der Waals surface area contributed by atoms with Gasteiger partial charge in [0.2, 0.25) is 5.89 Å². The Balaban J connectivity index is 1.43. The Morgan fingerprint density at radius 3 is 2.32 bits per heavy atom. The molecule has 1 N–H and O–H groups in total. The van der Waals surface area contributed by atoms with Gasteiger partial charge >= 0.3 is 0 Å². The lowest BCUT2D eigenvalue weighted by Crippen LogP contribution is -2.04. The Hall–Kier alpha value is -3.53. The molecule has 0 unspecified atom stereocenters. The highest BCUT2D eigenvalue weighted by atomic mass is 16.5. The van der Waals surface area contributed by atoms with Gasteiger partial charge in [0.05, 0.1) is 12.3 Å². The van der Waals surface area contributed by atoms with E-state index in [2.05, 4.69) is 31.2 Å². The summed E-state index contributed by atoms with van der Waals surface area (Å²) in [5.74, 6) is 2.53.